The number of methoxy groups -OCH3 is 1. The van der Waals surface area contributed by atoms with Crippen molar-refractivity contribution in [3.05, 3.63) is 47.5 Å². The number of carboxylic acid groups (broad SMARTS) is 1. The summed E-state index contributed by atoms with van der Waals surface area (Å²) in [6.45, 7) is 0. The second kappa shape index (κ2) is 5.87. The number of hydrogen-bond donors (Lipinski definition) is 1. The summed E-state index contributed by atoms with van der Waals surface area (Å²) in [5, 5.41) is 8.75. The Hall–Kier alpha value is -2.15. The molecule has 1 N–H and O–H groups in total. The predicted octanol–water partition coefficient (Wildman–Crippen LogP) is 2.43. The van der Waals surface area contributed by atoms with Gasteiger partial charge in [-0.15, -0.1) is 0 Å². The first-order valence-corrected chi connectivity index (χ1v) is 6.87. The Morgan fingerprint density at radius 1 is 1.40 bits per heavy atom. The van der Waals surface area contributed by atoms with Gasteiger partial charge in [0, 0.05) is 0 Å². The highest BCUT2D eigenvalue weighted by Gasteiger charge is 2.15. The van der Waals surface area contributed by atoms with E-state index < -0.39 is 22.6 Å². The molecule has 0 saturated carbocycles. The molecule has 2 rings (SSSR count). The monoisotopic (exact) mass is 298 g/mol. The number of carboxylic acids is 1. The zero-order chi connectivity index (χ0) is 14.7. The summed E-state index contributed by atoms with van der Waals surface area (Å²) in [5.41, 5.74) is 0.495. The molecular weight excluding hydrogens is 287 g/mol. The Labute approximate surface area is 116 Å². The first-order chi connectivity index (χ1) is 9.51. The van der Waals surface area contributed by atoms with E-state index in [9.17, 15) is 13.4 Å². The smallest absolute Gasteiger partial charge is 0.371 e. The standard InChI is InChI=1S/C13H11FO5S/c1-18-10-3-2-8(6-9(10)14)7-20(17)12-5-4-11(19-12)13(15)16/h2-6H,7H2,1H3,(H,15,16). The van der Waals surface area contributed by atoms with Crippen molar-refractivity contribution in [3.8, 4) is 5.75 Å². The molecule has 1 aromatic heterocycles. The van der Waals surface area contributed by atoms with Crippen LogP contribution in [-0.2, 0) is 16.6 Å². The van der Waals surface area contributed by atoms with Gasteiger partial charge in [-0.25, -0.2) is 9.18 Å². The van der Waals surface area contributed by atoms with E-state index in [1.165, 1.54) is 31.4 Å². The van der Waals surface area contributed by atoms with E-state index in [2.05, 4.69) is 0 Å². The Balaban J connectivity index is 2.14. The van der Waals surface area contributed by atoms with Gasteiger partial charge >= 0.3 is 5.97 Å². The molecule has 0 radical (unpaired) electrons. The van der Waals surface area contributed by atoms with Crippen LogP contribution in [0.5, 0.6) is 5.75 Å². The van der Waals surface area contributed by atoms with Crippen molar-refractivity contribution < 1.29 is 27.7 Å². The van der Waals surface area contributed by atoms with Crippen LogP contribution in [0, 0.1) is 5.82 Å². The van der Waals surface area contributed by atoms with E-state index in [1.54, 1.807) is 6.07 Å². The molecule has 7 heteroatoms. The van der Waals surface area contributed by atoms with Crippen molar-refractivity contribution in [3.63, 3.8) is 0 Å². The molecule has 0 bridgehead atoms. The summed E-state index contributed by atoms with van der Waals surface area (Å²) in [6, 6.07) is 6.80. The molecule has 0 saturated heterocycles. The second-order valence-corrected chi connectivity index (χ2v) is 5.26. The van der Waals surface area contributed by atoms with E-state index in [-0.39, 0.29) is 22.4 Å². The molecule has 1 aromatic carbocycles. The third-order valence-corrected chi connectivity index (χ3v) is 3.79. The minimum atomic E-state index is -1.58. The summed E-state index contributed by atoms with van der Waals surface area (Å²) in [7, 11) is -0.231. The van der Waals surface area contributed by atoms with Gasteiger partial charge in [-0.3, -0.25) is 4.21 Å². The fourth-order valence-corrected chi connectivity index (χ4v) is 2.61. The van der Waals surface area contributed by atoms with Crippen LogP contribution in [0.3, 0.4) is 0 Å². The molecular formula is C13H11FO5S. The van der Waals surface area contributed by atoms with E-state index in [1.807, 2.05) is 0 Å². The third kappa shape index (κ3) is 3.05. The zero-order valence-electron chi connectivity index (χ0n) is 10.5. The number of ether oxygens (including phenoxy) is 1. The molecule has 0 amide bonds. The molecule has 0 fully saturated rings. The Morgan fingerprint density at radius 3 is 2.70 bits per heavy atom. The van der Waals surface area contributed by atoms with Gasteiger partial charge in [0.1, 0.15) is 0 Å². The van der Waals surface area contributed by atoms with E-state index >= 15 is 0 Å². The number of rotatable bonds is 5. The maximum Gasteiger partial charge on any atom is 0.371 e. The largest absolute Gasteiger partial charge is 0.494 e. The summed E-state index contributed by atoms with van der Waals surface area (Å²) in [5.74, 6) is -1.94. The van der Waals surface area contributed by atoms with Crippen molar-refractivity contribution in [1.29, 1.82) is 0 Å². The van der Waals surface area contributed by atoms with Gasteiger partial charge in [-0.05, 0) is 29.8 Å². The highest BCUT2D eigenvalue weighted by molar-refractivity contribution is 7.84. The van der Waals surface area contributed by atoms with Crippen molar-refractivity contribution in [2.75, 3.05) is 7.11 Å². The van der Waals surface area contributed by atoms with Gasteiger partial charge in [0.25, 0.3) is 0 Å². The maximum absolute atomic E-state index is 13.5. The quantitative estimate of drug-likeness (QED) is 0.917. The molecule has 0 aliphatic carbocycles. The first-order valence-electron chi connectivity index (χ1n) is 5.55. The number of furan rings is 1. The van der Waals surface area contributed by atoms with Crippen molar-refractivity contribution >= 4 is 16.8 Å². The lowest BCUT2D eigenvalue weighted by Crippen LogP contribution is -1.97. The molecule has 5 nitrogen and oxygen atoms in total. The van der Waals surface area contributed by atoms with Gasteiger partial charge < -0.3 is 14.3 Å². The second-order valence-electron chi connectivity index (χ2n) is 3.88. The van der Waals surface area contributed by atoms with Gasteiger partial charge in [0.15, 0.2) is 16.7 Å². The fraction of sp³-hybridized carbons (Fsp3) is 0.154. The van der Waals surface area contributed by atoms with Crippen LogP contribution in [0.2, 0.25) is 0 Å². The van der Waals surface area contributed by atoms with Crippen LogP contribution in [0.1, 0.15) is 16.1 Å². The van der Waals surface area contributed by atoms with Crippen LogP contribution >= 0.6 is 0 Å². The molecule has 0 aliphatic rings. The van der Waals surface area contributed by atoms with Gasteiger partial charge in [-0.2, -0.15) is 0 Å². The van der Waals surface area contributed by atoms with Crippen molar-refractivity contribution in [2.24, 2.45) is 0 Å². The average Bonchev–Trinajstić information content (AvgIpc) is 2.88. The molecule has 20 heavy (non-hydrogen) atoms. The summed E-state index contributed by atoms with van der Waals surface area (Å²) >= 11 is 0. The Bertz CT molecular complexity index is 665. The van der Waals surface area contributed by atoms with E-state index in [4.69, 9.17) is 14.3 Å². The summed E-state index contributed by atoms with van der Waals surface area (Å²) in [4.78, 5) is 10.7. The van der Waals surface area contributed by atoms with Gasteiger partial charge in [0.05, 0.1) is 23.7 Å². The highest BCUT2D eigenvalue weighted by Crippen LogP contribution is 2.21. The number of carbonyl (C=O) groups is 1. The lowest BCUT2D eigenvalue weighted by atomic mass is 10.2. The Morgan fingerprint density at radius 2 is 2.15 bits per heavy atom. The van der Waals surface area contributed by atoms with Crippen LogP contribution in [0.15, 0.2) is 39.8 Å². The minimum Gasteiger partial charge on any atom is -0.494 e. The molecule has 2 aromatic rings. The van der Waals surface area contributed by atoms with Crippen LogP contribution < -0.4 is 4.74 Å². The van der Waals surface area contributed by atoms with Crippen molar-refractivity contribution in [2.45, 2.75) is 10.8 Å². The van der Waals surface area contributed by atoms with Gasteiger partial charge in [-0.1, -0.05) is 6.07 Å². The third-order valence-electron chi connectivity index (χ3n) is 2.53. The molecule has 106 valence electrons. The number of halogens is 1. The minimum absolute atomic E-state index is 0.0213. The number of benzene rings is 1. The van der Waals surface area contributed by atoms with Crippen molar-refractivity contribution in [1.82, 2.24) is 0 Å². The molecule has 1 unspecified atom stereocenters. The van der Waals surface area contributed by atoms with Crippen LogP contribution in [0.25, 0.3) is 0 Å². The molecule has 1 heterocycles. The van der Waals surface area contributed by atoms with E-state index in [0.29, 0.717) is 5.56 Å². The average molecular weight is 298 g/mol. The lowest BCUT2D eigenvalue weighted by molar-refractivity contribution is 0.0656. The normalized spacial score (nSPS) is 12.1. The molecule has 0 spiro atoms. The Kier molecular flexibility index (Phi) is 4.19. The summed E-state index contributed by atoms with van der Waals surface area (Å²) < 4.78 is 35.2. The zero-order valence-corrected chi connectivity index (χ0v) is 11.3. The highest BCUT2D eigenvalue weighted by atomic mass is 32.2. The van der Waals surface area contributed by atoms with Crippen LogP contribution in [-0.4, -0.2) is 22.4 Å². The SMILES string of the molecule is COc1ccc(CS(=O)c2ccc(C(=O)O)o2)cc1F. The maximum atomic E-state index is 13.5. The van der Waals surface area contributed by atoms with Crippen LogP contribution in [0.4, 0.5) is 4.39 Å². The first kappa shape index (κ1) is 14.3. The number of hydrogen-bond acceptors (Lipinski definition) is 4. The van der Waals surface area contributed by atoms with Gasteiger partial charge in [0.2, 0.25) is 5.76 Å². The lowest BCUT2D eigenvalue weighted by Gasteiger charge is -2.04. The van der Waals surface area contributed by atoms with E-state index in [0.717, 1.165) is 0 Å². The fourth-order valence-electron chi connectivity index (χ4n) is 1.58. The topological polar surface area (TPSA) is 76.7 Å². The predicted molar refractivity (Wildman–Crippen MR) is 68.7 cm³/mol. The molecule has 1 atom stereocenters. The molecule has 0 aliphatic heterocycles. The number of aromatic carboxylic acids is 1. The summed E-state index contributed by atoms with van der Waals surface area (Å²) in [6.07, 6.45) is 0.